The van der Waals surface area contributed by atoms with Crippen LogP contribution in [0.4, 0.5) is 0 Å². The number of esters is 1. The molecule has 0 unspecified atom stereocenters. The molecule has 0 bridgehead atoms. The Hall–Kier alpha value is -0.910. The van der Waals surface area contributed by atoms with Crippen LogP contribution in [0.2, 0.25) is 0 Å². The summed E-state index contributed by atoms with van der Waals surface area (Å²) in [6, 6.07) is 0. The van der Waals surface area contributed by atoms with Gasteiger partial charge in [-0.05, 0) is 19.8 Å². The van der Waals surface area contributed by atoms with Gasteiger partial charge in [-0.1, -0.05) is 19.3 Å². The molecule has 0 spiro atoms. The molecule has 0 aromatic heterocycles. The fourth-order valence-electron chi connectivity index (χ4n) is 2.19. The Morgan fingerprint density at radius 1 is 1.17 bits per heavy atom. The monoisotopic (exact) mass is 276 g/mol. The molecule has 1 aliphatic carbocycles. The highest BCUT2D eigenvalue weighted by Crippen LogP contribution is 2.24. The first-order chi connectivity index (χ1) is 8.45. The summed E-state index contributed by atoms with van der Waals surface area (Å²) in [7, 11) is -3.40. The van der Waals surface area contributed by atoms with E-state index in [4.69, 9.17) is 0 Å². The maximum atomic E-state index is 12.0. The van der Waals surface area contributed by atoms with Crippen molar-refractivity contribution in [1.82, 2.24) is 0 Å². The van der Waals surface area contributed by atoms with Crippen LogP contribution in [-0.4, -0.2) is 37.8 Å². The van der Waals surface area contributed by atoms with Crippen LogP contribution < -0.4 is 0 Å². The van der Waals surface area contributed by atoms with Gasteiger partial charge in [0.2, 0.25) is 0 Å². The molecule has 6 heteroatoms. The van der Waals surface area contributed by atoms with Crippen molar-refractivity contribution in [1.29, 1.82) is 0 Å². The molecule has 1 aliphatic rings. The highest BCUT2D eigenvalue weighted by molar-refractivity contribution is 7.92. The molecule has 0 N–H and O–H groups in total. The van der Waals surface area contributed by atoms with Crippen molar-refractivity contribution in [2.75, 3.05) is 12.4 Å². The zero-order valence-corrected chi connectivity index (χ0v) is 11.5. The standard InChI is InChI=1S/C12H20O5S/c1-2-17-12(14)8-10(13)9-18(15,16)11-6-4-3-5-7-11/h11H,2-9H2,1H3. The van der Waals surface area contributed by atoms with E-state index < -0.39 is 39.0 Å². The fraction of sp³-hybridized carbons (Fsp3) is 0.833. The van der Waals surface area contributed by atoms with E-state index in [9.17, 15) is 18.0 Å². The van der Waals surface area contributed by atoms with Crippen LogP contribution in [0.25, 0.3) is 0 Å². The van der Waals surface area contributed by atoms with Gasteiger partial charge in [0, 0.05) is 0 Å². The maximum Gasteiger partial charge on any atom is 0.313 e. The van der Waals surface area contributed by atoms with Crippen molar-refractivity contribution in [3.05, 3.63) is 0 Å². The van der Waals surface area contributed by atoms with Gasteiger partial charge in [-0.3, -0.25) is 9.59 Å². The molecule has 104 valence electrons. The summed E-state index contributed by atoms with van der Waals surface area (Å²) >= 11 is 0. The summed E-state index contributed by atoms with van der Waals surface area (Å²) in [6.07, 6.45) is 3.68. The fourth-order valence-corrected chi connectivity index (χ4v) is 4.03. The highest BCUT2D eigenvalue weighted by Gasteiger charge is 2.29. The van der Waals surface area contributed by atoms with Gasteiger partial charge in [0.1, 0.15) is 12.2 Å². The van der Waals surface area contributed by atoms with Crippen molar-refractivity contribution in [2.45, 2.75) is 50.7 Å². The maximum absolute atomic E-state index is 12.0. The molecular formula is C12H20O5S. The van der Waals surface area contributed by atoms with Gasteiger partial charge < -0.3 is 4.74 Å². The second-order valence-corrected chi connectivity index (χ2v) is 6.87. The number of hydrogen-bond acceptors (Lipinski definition) is 5. The minimum atomic E-state index is -3.40. The first-order valence-corrected chi connectivity index (χ1v) is 8.06. The van der Waals surface area contributed by atoms with Gasteiger partial charge in [-0.25, -0.2) is 8.42 Å². The van der Waals surface area contributed by atoms with Gasteiger partial charge in [0.15, 0.2) is 15.6 Å². The minimum Gasteiger partial charge on any atom is -0.466 e. The minimum absolute atomic E-state index is 0.196. The van der Waals surface area contributed by atoms with Crippen LogP contribution in [0, 0.1) is 0 Å². The summed E-state index contributed by atoms with van der Waals surface area (Å²) in [5.74, 6) is -1.75. The van der Waals surface area contributed by atoms with Crippen LogP contribution in [0.15, 0.2) is 0 Å². The first-order valence-electron chi connectivity index (χ1n) is 6.34. The Balaban J connectivity index is 2.49. The van der Waals surface area contributed by atoms with E-state index in [0.29, 0.717) is 12.8 Å². The number of sulfone groups is 1. The predicted octanol–water partition coefficient (Wildman–Crippen LogP) is 1.26. The van der Waals surface area contributed by atoms with E-state index in [1.807, 2.05) is 0 Å². The van der Waals surface area contributed by atoms with E-state index in [-0.39, 0.29) is 6.61 Å². The summed E-state index contributed by atoms with van der Waals surface area (Å²) < 4.78 is 28.5. The van der Waals surface area contributed by atoms with Crippen LogP contribution in [-0.2, 0) is 24.2 Å². The predicted molar refractivity (Wildman–Crippen MR) is 66.9 cm³/mol. The average molecular weight is 276 g/mol. The Labute approximate surface area is 108 Å². The molecule has 0 heterocycles. The average Bonchev–Trinajstić information content (AvgIpc) is 2.29. The van der Waals surface area contributed by atoms with Crippen molar-refractivity contribution in [3.63, 3.8) is 0 Å². The van der Waals surface area contributed by atoms with E-state index in [0.717, 1.165) is 19.3 Å². The second kappa shape index (κ2) is 6.87. The zero-order chi connectivity index (χ0) is 13.6. The van der Waals surface area contributed by atoms with Crippen molar-refractivity contribution >= 4 is 21.6 Å². The van der Waals surface area contributed by atoms with E-state index in [1.165, 1.54) is 0 Å². The van der Waals surface area contributed by atoms with E-state index in [2.05, 4.69) is 4.74 Å². The molecule has 0 saturated heterocycles. The number of ether oxygens (including phenoxy) is 1. The van der Waals surface area contributed by atoms with E-state index in [1.54, 1.807) is 6.92 Å². The van der Waals surface area contributed by atoms with Crippen LogP contribution in [0.3, 0.4) is 0 Å². The SMILES string of the molecule is CCOC(=O)CC(=O)CS(=O)(=O)C1CCCCC1. The molecule has 1 saturated carbocycles. The molecule has 0 radical (unpaired) electrons. The number of ketones is 1. The molecule has 5 nitrogen and oxygen atoms in total. The van der Waals surface area contributed by atoms with Gasteiger partial charge in [0.05, 0.1) is 11.9 Å². The third kappa shape index (κ3) is 4.76. The third-order valence-electron chi connectivity index (χ3n) is 3.07. The number of carbonyl (C=O) groups is 2. The summed E-state index contributed by atoms with van der Waals surface area (Å²) in [5.41, 5.74) is 0. The molecule has 0 aliphatic heterocycles. The lowest BCUT2D eigenvalue weighted by Gasteiger charge is -2.21. The molecule has 0 aromatic carbocycles. The highest BCUT2D eigenvalue weighted by atomic mass is 32.2. The normalized spacial score (nSPS) is 17.4. The number of rotatable bonds is 6. The van der Waals surface area contributed by atoms with Crippen LogP contribution >= 0.6 is 0 Å². The number of carbonyl (C=O) groups excluding carboxylic acids is 2. The molecule has 1 fully saturated rings. The van der Waals surface area contributed by atoms with Gasteiger partial charge in [-0.2, -0.15) is 0 Å². The molecular weight excluding hydrogens is 256 g/mol. The van der Waals surface area contributed by atoms with Crippen molar-refractivity contribution in [2.24, 2.45) is 0 Å². The lowest BCUT2D eigenvalue weighted by atomic mass is 10.0. The zero-order valence-electron chi connectivity index (χ0n) is 10.7. The van der Waals surface area contributed by atoms with Crippen LogP contribution in [0.5, 0.6) is 0 Å². The van der Waals surface area contributed by atoms with Crippen molar-refractivity contribution in [3.8, 4) is 0 Å². The van der Waals surface area contributed by atoms with Gasteiger partial charge >= 0.3 is 5.97 Å². The lowest BCUT2D eigenvalue weighted by molar-refractivity contribution is -0.145. The molecule has 1 rings (SSSR count). The number of Topliss-reactive ketones (excluding diaryl/α,β-unsaturated/α-hetero) is 1. The summed E-state index contributed by atoms with van der Waals surface area (Å²) in [6.45, 7) is 1.84. The summed E-state index contributed by atoms with van der Waals surface area (Å²) in [5, 5.41) is -0.405. The van der Waals surface area contributed by atoms with Gasteiger partial charge in [0.25, 0.3) is 0 Å². The Kier molecular flexibility index (Phi) is 5.78. The summed E-state index contributed by atoms with van der Waals surface area (Å²) in [4.78, 5) is 22.6. The Morgan fingerprint density at radius 3 is 2.33 bits per heavy atom. The molecule has 0 amide bonds. The Morgan fingerprint density at radius 2 is 1.78 bits per heavy atom. The first kappa shape index (κ1) is 15.1. The topological polar surface area (TPSA) is 77.5 Å². The molecule has 0 atom stereocenters. The van der Waals surface area contributed by atoms with Gasteiger partial charge in [-0.15, -0.1) is 0 Å². The second-order valence-electron chi connectivity index (χ2n) is 4.59. The molecule has 0 aromatic rings. The Bertz CT molecular complexity index is 393. The number of hydrogen-bond donors (Lipinski definition) is 0. The third-order valence-corrected chi connectivity index (χ3v) is 5.28. The largest absolute Gasteiger partial charge is 0.466 e. The lowest BCUT2D eigenvalue weighted by Crippen LogP contribution is -2.30. The molecule has 18 heavy (non-hydrogen) atoms. The van der Waals surface area contributed by atoms with E-state index >= 15 is 0 Å². The van der Waals surface area contributed by atoms with Crippen molar-refractivity contribution < 1.29 is 22.7 Å². The smallest absolute Gasteiger partial charge is 0.313 e. The quantitative estimate of drug-likeness (QED) is 0.539. The van der Waals surface area contributed by atoms with Crippen LogP contribution in [0.1, 0.15) is 45.4 Å².